The van der Waals surface area contributed by atoms with E-state index in [-0.39, 0.29) is 5.91 Å². The second-order valence-electron chi connectivity index (χ2n) is 7.17. The number of thioether (sulfide) groups is 1. The van der Waals surface area contributed by atoms with Gasteiger partial charge in [0.1, 0.15) is 6.61 Å². The van der Waals surface area contributed by atoms with E-state index < -0.39 is 0 Å². The highest BCUT2D eigenvalue weighted by Crippen LogP contribution is 2.39. The second-order valence-corrected chi connectivity index (χ2v) is 10.9. The molecule has 0 atom stereocenters. The molecule has 4 nitrogen and oxygen atoms in total. The zero-order chi connectivity index (χ0) is 24.2. The number of amides is 1. The summed E-state index contributed by atoms with van der Waals surface area (Å²) in [6.45, 7) is 2.78. The Morgan fingerprint density at radius 1 is 1.03 bits per heavy atom. The zero-order valence-electron chi connectivity index (χ0n) is 17.9. The molecule has 1 aliphatic rings. The van der Waals surface area contributed by atoms with E-state index >= 15 is 0 Å². The fraction of sp³-hybridized carbons (Fsp3) is 0.120. The number of thiocarbonyl (C=S) groups is 1. The largest absolute Gasteiger partial charge is 0.490 e. The van der Waals surface area contributed by atoms with Crippen LogP contribution in [0.3, 0.4) is 0 Å². The van der Waals surface area contributed by atoms with E-state index in [0.29, 0.717) is 49.7 Å². The lowest BCUT2D eigenvalue weighted by Crippen LogP contribution is -2.27. The molecule has 4 rings (SSSR count). The van der Waals surface area contributed by atoms with Gasteiger partial charge in [0.15, 0.2) is 15.8 Å². The summed E-state index contributed by atoms with van der Waals surface area (Å²) in [6, 6.07) is 18.4. The molecule has 0 radical (unpaired) electrons. The number of hydrogen-bond acceptors (Lipinski definition) is 5. The summed E-state index contributed by atoms with van der Waals surface area (Å²) in [5, 5.41) is 1.28. The molecule has 3 aromatic carbocycles. The lowest BCUT2D eigenvalue weighted by Gasteiger charge is -2.15. The number of carbonyl (C=O) groups excluding carboxylic acids is 1. The number of nitrogens with zero attached hydrogens (tertiary/aromatic N) is 1. The quantitative estimate of drug-likeness (QED) is 0.149. The average molecular weight is 642 g/mol. The Morgan fingerprint density at radius 3 is 2.32 bits per heavy atom. The van der Waals surface area contributed by atoms with Gasteiger partial charge in [0.05, 0.1) is 20.8 Å². The molecule has 0 unspecified atom stereocenters. The van der Waals surface area contributed by atoms with Gasteiger partial charge in [-0.05, 0) is 95.2 Å². The molecular formula is C25H18Cl2INO3S2. The van der Waals surface area contributed by atoms with Crippen LogP contribution in [-0.4, -0.2) is 16.8 Å². The molecule has 0 saturated carbocycles. The lowest BCUT2D eigenvalue weighted by atomic mass is 10.1. The van der Waals surface area contributed by atoms with Crippen LogP contribution in [0.25, 0.3) is 6.08 Å². The van der Waals surface area contributed by atoms with Crippen LogP contribution in [0.4, 0.5) is 5.69 Å². The van der Waals surface area contributed by atoms with Crippen molar-refractivity contribution >= 4 is 91.8 Å². The molecule has 0 aromatic heterocycles. The highest BCUT2D eigenvalue weighted by molar-refractivity contribution is 14.1. The molecule has 34 heavy (non-hydrogen) atoms. The normalized spacial score (nSPS) is 14.7. The number of rotatable bonds is 7. The summed E-state index contributed by atoms with van der Waals surface area (Å²) in [7, 11) is 0. The number of ether oxygens (including phenoxy) is 2. The van der Waals surface area contributed by atoms with Gasteiger partial charge in [0, 0.05) is 10.0 Å². The standard InChI is InChI=1S/C25H18Cl2INO3S2/c1-2-31-21-12-16(11-20(28)23(21)32-14-15-3-5-17(26)6-4-15)13-22-24(30)29(25(33)34-22)19-9-7-18(27)8-10-19/h3-13H,2,14H2,1H3/b22-13-. The number of carbonyl (C=O) groups is 1. The molecule has 1 aliphatic heterocycles. The average Bonchev–Trinajstić information content (AvgIpc) is 3.08. The van der Waals surface area contributed by atoms with Crippen LogP contribution >= 0.6 is 69.8 Å². The predicted molar refractivity (Wildman–Crippen MR) is 153 cm³/mol. The molecule has 0 N–H and O–H groups in total. The van der Waals surface area contributed by atoms with E-state index in [2.05, 4.69) is 22.6 Å². The number of benzene rings is 3. The summed E-state index contributed by atoms with van der Waals surface area (Å²) in [5.41, 5.74) is 2.51. The Morgan fingerprint density at radius 2 is 1.68 bits per heavy atom. The van der Waals surface area contributed by atoms with Crippen molar-refractivity contribution < 1.29 is 14.3 Å². The third-order valence-electron chi connectivity index (χ3n) is 4.80. The Hall–Kier alpha value is -1.78. The maximum atomic E-state index is 13.1. The van der Waals surface area contributed by atoms with Crippen LogP contribution < -0.4 is 14.4 Å². The first-order chi connectivity index (χ1) is 16.4. The fourth-order valence-electron chi connectivity index (χ4n) is 3.24. The van der Waals surface area contributed by atoms with Gasteiger partial charge < -0.3 is 9.47 Å². The van der Waals surface area contributed by atoms with Crippen molar-refractivity contribution in [1.82, 2.24) is 0 Å². The topological polar surface area (TPSA) is 38.8 Å². The third-order valence-corrected chi connectivity index (χ3v) is 7.41. The first-order valence-electron chi connectivity index (χ1n) is 10.2. The van der Waals surface area contributed by atoms with Gasteiger partial charge in [-0.25, -0.2) is 0 Å². The van der Waals surface area contributed by atoms with E-state index in [1.807, 2.05) is 49.4 Å². The minimum absolute atomic E-state index is 0.173. The fourth-order valence-corrected chi connectivity index (χ4v) is 5.57. The van der Waals surface area contributed by atoms with Gasteiger partial charge >= 0.3 is 0 Å². The number of anilines is 1. The monoisotopic (exact) mass is 641 g/mol. The van der Waals surface area contributed by atoms with Crippen molar-refractivity contribution in [3.63, 3.8) is 0 Å². The Bertz CT molecular complexity index is 1260. The Balaban J connectivity index is 1.59. The minimum atomic E-state index is -0.173. The zero-order valence-corrected chi connectivity index (χ0v) is 23.2. The summed E-state index contributed by atoms with van der Waals surface area (Å²) < 4.78 is 13.3. The van der Waals surface area contributed by atoms with Gasteiger partial charge in [0.2, 0.25) is 0 Å². The molecule has 0 aliphatic carbocycles. The molecule has 1 amide bonds. The summed E-state index contributed by atoms with van der Waals surface area (Å²) in [5.74, 6) is 1.10. The van der Waals surface area contributed by atoms with Crippen LogP contribution in [-0.2, 0) is 11.4 Å². The molecule has 0 spiro atoms. The van der Waals surface area contributed by atoms with E-state index in [4.69, 9.17) is 44.9 Å². The van der Waals surface area contributed by atoms with Crippen molar-refractivity contribution in [3.05, 3.63) is 90.3 Å². The van der Waals surface area contributed by atoms with Gasteiger partial charge in [-0.3, -0.25) is 9.69 Å². The maximum Gasteiger partial charge on any atom is 0.270 e. The SMILES string of the molecule is CCOc1cc(/C=C2\SC(=S)N(c3ccc(Cl)cc3)C2=O)cc(I)c1OCc1ccc(Cl)cc1. The number of halogens is 3. The highest BCUT2D eigenvalue weighted by atomic mass is 127. The third kappa shape index (κ3) is 5.88. The summed E-state index contributed by atoms with van der Waals surface area (Å²) >= 11 is 20.9. The maximum absolute atomic E-state index is 13.1. The lowest BCUT2D eigenvalue weighted by molar-refractivity contribution is -0.113. The molecule has 1 saturated heterocycles. The smallest absolute Gasteiger partial charge is 0.270 e. The molecule has 1 fully saturated rings. The van der Waals surface area contributed by atoms with Gasteiger partial charge in [-0.2, -0.15) is 0 Å². The van der Waals surface area contributed by atoms with Crippen molar-refractivity contribution in [1.29, 1.82) is 0 Å². The first kappa shape index (κ1) is 25.3. The molecule has 3 aromatic rings. The Labute approximate surface area is 231 Å². The van der Waals surface area contributed by atoms with E-state index in [1.165, 1.54) is 16.7 Å². The van der Waals surface area contributed by atoms with Crippen LogP contribution in [0.15, 0.2) is 65.6 Å². The van der Waals surface area contributed by atoms with Crippen molar-refractivity contribution in [2.45, 2.75) is 13.5 Å². The van der Waals surface area contributed by atoms with E-state index in [1.54, 1.807) is 24.3 Å². The van der Waals surface area contributed by atoms with Gasteiger partial charge in [-0.1, -0.05) is 59.3 Å². The molecule has 0 bridgehead atoms. The van der Waals surface area contributed by atoms with Gasteiger partial charge in [-0.15, -0.1) is 0 Å². The molecular weight excluding hydrogens is 624 g/mol. The molecule has 1 heterocycles. The van der Waals surface area contributed by atoms with Crippen molar-refractivity contribution in [3.8, 4) is 11.5 Å². The van der Waals surface area contributed by atoms with Crippen LogP contribution in [0.1, 0.15) is 18.1 Å². The van der Waals surface area contributed by atoms with Crippen LogP contribution in [0.5, 0.6) is 11.5 Å². The van der Waals surface area contributed by atoms with Crippen molar-refractivity contribution in [2.75, 3.05) is 11.5 Å². The van der Waals surface area contributed by atoms with Crippen LogP contribution in [0.2, 0.25) is 10.0 Å². The Kier molecular flexibility index (Phi) is 8.42. The summed E-state index contributed by atoms with van der Waals surface area (Å²) in [6.07, 6.45) is 1.82. The van der Waals surface area contributed by atoms with Crippen molar-refractivity contribution in [2.24, 2.45) is 0 Å². The molecule has 174 valence electrons. The second kappa shape index (κ2) is 11.3. The summed E-state index contributed by atoms with van der Waals surface area (Å²) in [4.78, 5) is 15.1. The van der Waals surface area contributed by atoms with Crippen LogP contribution in [0, 0.1) is 3.57 Å². The highest BCUT2D eigenvalue weighted by Gasteiger charge is 2.33. The first-order valence-corrected chi connectivity index (χ1v) is 13.3. The van der Waals surface area contributed by atoms with E-state index in [9.17, 15) is 4.79 Å². The van der Waals surface area contributed by atoms with Gasteiger partial charge in [0.25, 0.3) is 5.91 Å². The predicted octanol–water partition coefficient (Wildman–Crippen LogP) is 7.98. The van der Waals surface area contributed by atoms with E-state index in [0.717, 1.165) is 14.7 Å². The minimum Gasteiger partial charge on any atom is -0.490 e. The number of hydrogen-bond donors (Lipinski definition) is 0. The molecule has 9 heteroatoms.